The average molecular weight is 317 g/mol. The van der Waals surface area contributed by atoms with Crippen molar-refractivity contribution in [1.82, 2.24) is 5.32 Å². The molecule has 2 amide bonds. The van der Waals surface area contributed by atoms with Gasteiger partial charge in [0, 0.05) is 11.5 Å². The molecule has 2 N–H and O–H groups in total. The summed E-state index contributed by atoms with van der Waals surface area (Å²) in [5, 5.41) is 2.30. The van der Waals surface area contributed by atoms with Gasteiger partial charge in [-0.15, -0.1) is 0 Å². The quantitative estimate of drug-likeness (QED) is 0.886. The van der Waals surface area contributed by atoms with Crippen LogP contribution in [0.3, 0.4) is 0 Å². The lowest BCUT2D eigenvalue weighted by Crippen LogP contribution is -3.18. The third-order valence-electron chi connectivity index (χ3n) is 5.11. The topological polar surface area (TPSA) is 59.8 Å². The molecule has 0 aliphatic carbocycles. The largest absolute Gasteiger partial charge is 0.449 e. The van der Waals surface area contributed by atoms with Gasteiger partial charge < -0.3 is 9.64 Å². The van der Waals surface area contributed by atoms with Gasteiger partial charge >= 0.3 is 6.09 Å². The Hall–Kier alpha value is -1.88. The van der Waals surface area contributed by atoms with Crippen LogP contribution in [-0.2, 0) is 4.74 Å². The highest BCUT2D eigenvalue weighted by atomic mass is 16.5. The standard InChI is InChI=1S/C18H24N2O3/c21-17(14-7-2-1-3-8-14)19-18(22)23-13-15-9-6-12-20-11-5-4-10-16(15)20/h1-3,7-8,15-16H,4-6,9-13H2,(H,19,21,22)/p+1/t15-,16+/m1/s1. The van der Waals surface area contributed by atoms with Crippen molar-refractivity contribution in [1.29, 1.82) is 0 Å². The highest BCUT2D eigenvalue weighted by Crippen LogP contribution is 2.20. The highest BCUT2D eigenvalue weighted by Gasteiger charge is 2.37. The Morgan fingerprint density at radius 2 is 1.87 bits per heavy atom. The summed E-state index contributed by atoms with van der Waals surface area (Å²) in [4.78, 5) is 25.5. The zero-order valence-corrected chi connectivity index (χ0v) is 13.4. The monoisotopic (exact) mass is 317 g/mol. The number of ether oxygens (including phenoxy) is 1. The Morgan fingerprint density at radius 1 is 1.09 bits per heavy atom. The third-order valence-corrected chi connectivity index (χ3v) is 5.11. The molecule has 5 nitrogen and oxygen atoms in total. The Labute approximate surface area is 137 Å². The Morgan fingerprint density at radius 3 is 2.70 bits per heavy atom. The van der Waals surface area contributed by atoms with Crippen LogP contribution in [0.15, 0.2) is 30.3 Å². The van der Waals surface area contributed by atoms with Crippen LogP contribution < -0.4 is 10.2 Å². The fraction of sp³-hybridized carbons (Fsp3) is 0.556. The zero-order valence-electron chi connectivity index (χ0n) is 13.4. The van der Waals surface area contributed by atoms with E-state index in [9.17, 15) is 9.59 Å². The molecular weight excluding hydrogens is 292 g/mol. The predicted octanol–water partition coefficient (Wildman–Crippen LogP) is 1.40. The van der Waals surface area contributed by atoms with E-state index in [1.54, 1.807) is 29.2 Å². The summed E-state index contributed by atoms with van der Waals surface area (Å²) in [5.41, 5.74) is 0.463. The van der Waals surface area contributed by atoms with Crippen molar-refractivity contribution in [3.8, 4) is 0 Å². The minimum absolute atomic E-state index is 0.413. The maximum Gasteiger partial charge on any atom is 0.414 e. The van der Waals surface area contributed by atoms with Crippen LogP contribution in [0, 0.1) is 5.92 Å². The number of piperidine rings is 2. The van der Waals surface area contributed by atoms with Gasteiger partial charge in [0.15, 0.2) is 0 Å². The van der Waals surface area contributed by atoms with Gasteiger partial charge in [-0.05, 0) is 44.2 Å². The lowest BCUT2D eigenvalue weighted by molar-refractivity contribution is -0.940. The van der Waals surface area contributed by atoms with Crippen molar-refractivity contribution < 1.29 is 19.2 Å². The molecule has 3 rings (SSSR count). The van der Waals surface area contributed by atoms with E-state index in [-0.39, 0.29) is 0 Å². The Balaban J connectivity index is 1.47. The molecule has 124 valence electrons. The van der Waals surface area contributed by atoms with Crippen LogP contribution >= 0.6 is 0 Å². The zero-order chi connectivity index (χ0) is 16.1. The molecule has 23 heavy (non-hydrogen) atoms. The van der Waals surface area contributed by atoms with Gasteiger partial charge in [0.2, 0.25) is 0 Å². The Kier molecular flexibility index (Phi) is 5.28. The number of quaternary nitrogens is 1. The summed E-state index contributed by atoms with van der Waals surface area (Å²) >= 11 is 0. The number of benzene rings is 1. The lowest BCUT2D eigenvalue weighted by Gasteiger charge is -2.40. The SMILES string of the molecule is O=C(NC(=O)c1ccccc1)OC[C@H]1CCC[NH+]2CCCC[C@@H]12. The molecule has 0 radical (unpaired) electrons. The van der Waals surface area contributed by atoms with Gasteiger partial charge in [-0.3, -0.25) is 10.1 Å². The molecule has 1 unspecified atom stereocenters. The fourth-order valence-electron chi connectivity index (χ4n) is 3.95. The number of carbonyl (C=O) groups is 2. The smallest absolute Gasteiger partial charge is 0.414 e. The molecule has 2 saturated heterocycles. The summed E-state index contributed by atoms with van der Waals surface area (Å²) in [6.07, 6.45) is 5.50. The number of alkyl carbamates (subject to hydrolysis) is 1. The van der Waals surface area contributed by atoms with Crippen molar-refractivity contribution in [3.63, 3.8) is 0 Å². The molecular formula is C18H25N2O3+. The summed E-state index contributed by atoms with van der Waals surface area (Å²) < 4.78 is 5.34. The second kappa shape index (κ2) is 7.59. The number of carbonyl (C=O) groups excluding carboxylic acids is 2. The predicted molar refractivity (Wildman–Crippen MR) is 86.3 cm³/mol. The molecule has 2 heterocycles. The van der Waals surface area contributed by atoms with Crippen LogP contribution in [0.2, 0.25) is 0 Å². The number of fused-ring (bicyclic) bond motifs is 1. The number of imide groups is 1. The van der Waals surface area contributed by atoms with E-state index in [1.807, 2.05) is 6.07 Å². The second-order valence-electron chi connectivity index (χ2n) is 6.58. The summed E-state index contributed by atoms with van der Waals surface area (Å²) in [5.74, 6) is 0.0146. The fourth-order valence-corrected chi connectivity index (χ4v) is 3.95. The molecule has 0 saturated carbocycles. The average Bonchev–Trinajstić information content (AvgIpc) is 2.60. The van der Waals surface area contributed by atoms with Crippen molar-refractivity contribution >= 4 is 12.0 Å². The minimum atomic E-state index is -0.637. The lowest BCUT2D eigenvalue weighted by atomic mass is 9.84. The van der Waals surface area contributed by atoms with Crippen molar-refractivity contribution in [3.05, 3.63) is 35.9 Å². The molecule has 1 aromatic carbocycles. The first-order valence-electron chi connectivity index (χ1n) is 8.62. The van der Waals surface area contributed by atoms with Crippen LogP contribution in [0.1, 0.15) is 42.5 Å². The van der Waals surface area contributed by atoms with Gasteiger partial charge in [-0.1, -0.05) is 18.2 Å². The maximum absolute atomic E-state index is 11.9. The third kappa shape index (κ3) is 4.10. The van der Waals surface area contributed by atoms with Crippen molar-refractivity contribution in [2.75, 3.05) is 19.7 Å². The summed E-state index contributed by atoms with van der Waals surface area (Å²) in [6, 6.07) is 9.33. The van der Waals surface area contributed by atoms with Crippen molar-refractivity contribution in [2.24, 2.45) is 5.92 Å². The molecule has 3 atom stereocenters. The van der Waals surface area contributed by atoms with E-state index in [2.05, 4.69) is 5.32 Å². The van der Waals surface area contributed by atoms with E-state index in [4.69, 9.17) is 4.74 Å². The molecule has 2 aliphatic heterocycles. The van der Waals surface area contributed by atoms with Crippen LogP contribution in [-0.4, -0.2) is 37.7 Å². The highest BCUT2D eigenvalue weighted by molar-refractivity contribution is 6.02. The van der Waals surface area contributed by atoms with Gasteiger partial charge in [-0.25, -0.2) is 4.79 Å². The number of hydrogen-bond acceptors (Lipinski definition) is 3. The van der Waals surface area contributed by atoms with E-state index < -0.39 is 12.0 Å². The summed E-state index contributed by atoms with van der Waals surface area (Å²) in [7, 11) is 0. The maximum atomic E-state index is 11.9. The van der Waals surface area contributed by atoms with Crippen molar-refractivity contribution in [2.45, 2.75) is 38.1 Å². The Bertz CT molecular complexity index is 544. The van der Waals surface area contributed by atoms with Gasteiger partial charge in [0.25, 0.3) is 5.91 Å². The molecule has 0 aromatic heterocycles. The van der Waals surface area contributed by atoms with Crippen LogP contribution in [0.5, 0.6) is 0 Å². The van der Waals surface area contributed by atoms with Gasteiger partial charge in [0.1, 0.15) is 6.61 Å². The van der Waals surface area contributed by atoms with E-state index in [0.717, 1.165) is 6.42 Å². The van der Waals surface area contributed by atoms with E-state index in [0.29, 0.717) is 24.1 Å². The molecule has 0 spiro atoms. The van der Waals surface area contributed by atoms with Crippen LogP contribution in [0.4, 0.5) is 4.79 Å². The number of nitrogens with one attached hydrogen (secondary N) is 2. The minimum Gasteiger partial charge on any atom is -0.449 e. The first-order chi connectivity index (χ1) is 11.2. The second-order valence-corrected chi connectivity index (χ2v) is 6.58. The first kappa shape index (κ1) is 16.0. The van der Waals surface area contributed by atoms with E-state index >= 15 is 0 Å². The van der Waals surface area contributed by atoms with Gasteiger partial charge in [0.05, 0.1) is 19.1 Å². The first-order valence-corrected chi connectivity index (χ1v) is 8.62. The van der Waals surface area contributed by atoms with Crippen LogP contribution in [0.25, 0.3) is 0 Å². The normalized spacial score (nSPS) is 26.9. The number of amides is 2. The molecule has 1 aromatic rings. The molecule has 0 bridgehead atoms. The van der Waals surface area contributed by atoms with Gasteiger partial charge in [-0.2, -0.15) is 0 Å². The van der Waals surface area contributed by atoms with E-state index in [1.165, 1.54) is 38.8 Å². The molecule has 2 fully saturated rings. The molecule has 5 heteroatoms. The number of rotatable bonds is 3. The molecule has 2 aliphatic rings. The summed E-state index contributed by atoms with van der Waals surface area (Å²) in [6.45, 7) is 2.92. The number of hydrogen-bond donors (Lipinski definition) is 2.